The molecule has 2 aromatic carbocycles. The number of hydrogen-bond donors (Lipinski definition) is 1. The van der Waals surface area contributed by atoms with Crippen molar-refractivity contribution < 1.29 is 4.79 Å². The lowest BCUT2D eigenvalue weighted by molar-refractivity contribution is -0.127. The van der Waals surface area contributed by atoms with Gasteiger partial charge in [0.25, 0.3) is 0 Å². The fourth-order valence-electron chi connectivity index (χ4n) is 3.57. The third kappa shape index (κ3) is 2.41. The van der Waals surface area contributed by atoms with Gasteiger partial charge in [0.1, 0.15) is 0 Å². The second-order valence-corrected chi connectivity index (χ2v) is 6.58. The standard InChI is InChI=1S/C22H19N3O/c1-4-5-14-6-8-16-13(2)17-9-7-15(11-19(17)18(16)10-14)20-12-21(26)25(3)22(23)24-20/h6-11,20H,2,12H2,1,3H3,(H2,23,24). The van der Waals surface area contributed by atoms with Gasteiger partial charge in [0.05, 0.1) is 12.5 Å². The van der Waals surface area contributed by atoms with Crippen LogP contribution in [0.2, 0.25) is 0 Å². The van der Waals surface area contributed by atoms with Crippen molar-refractivity contribution in [2.75, 3.05) is 7.05 Å². The molecule has 4 heteroatoms. The molecule has 0 aromatic heterocycles. The second-order valence-electron chi connectivity index (χ2n) is 6.58. The summed E-state index contributed by atoms with van der Waals surface area (Å²) >= 11 is 0. The van der Waals surface area contributed by atoms with Crippen LogP contribution in [0.3, 0.4) is 0 Å². The van der Waals surface area contributed by atoms with Gasteiger partial charge in [-0.2, -0.15) is 0 Å². The summed E-state index contributed by atoms with van der Waals surface area (Å²) in [5.41, 5.74) is 13.3. The highest BCUT2D eigenvalue weighted by Crippen LogP contribution is 2.45. The van der Waals surface area contributed by atoms with Crippen molar-refractivity contribution in [3.63, 3.8) is 0 Å². The SMILES string of the molecule is C=C1c2ccc(C#CC)cc2-c2cc(C3CC(=O)N(C)C(N)=N3)ccc21. The molecule has 2 N–H and O–H groups in total. The zero-order chi connectivity index (χ0) is 18.4. The van der Waals surface area contributed by atoms with E-state index in [1.54, 1.807) is 7.05 Å². The summed E-state index contributed by atoms with van der Waals surface area (Å²) in [6.07, 6.45) is 0.325. The topological polar surface area (TPSA) is 58.7 Å². The minimum Gasteiger partial charge on any atom is -0.369 e. The van der Waals surface area contributed by atoms with Gasteiger partial charge in [0, 0.05) is 12.6 Å². The third-order valence-electron chi connectivity index (χ3n) is 5.03. The molecule has 0 radical (unpaired) electrons. The van der Waals surface area contributed by atoms with E-state index in [-0.39, 0.29) is 17.9 Å². The van der Waals surface area contributed by atoms with Crippen molar-refractivity contribution in [1.82, 2.24) is 4.90 Å². The largest absolute Gasteiger partial charge is 0.369 e. The Morgan fingerprint density at radius 2 is 1.85 bits per heavy atom. The molecule has 1 unspecified atom stereocenters. The molecular formula is C22H19N3O. The monoisotopic (exact) mass is 341 g/mol. The van der Waals surface area contributed by atoms with Crippen molar-refractivity contribution in [3.05, 3.63) is 65.2 Å². The van der Waals surface area contributed by atoms with Crippen molar-refractivity contribution in [3.8, 4) is 23.0 Å². The van der Waals surface area contributed by atoms with Crippen LogP contribution in [0.1, 0.15) is 41.6 Å². The predicted molar refractivity (Wildman–Crippen MR) is 104 cm³/mol. The smallest absolute Gasteiger partial charge is 0.231 e. The van der Waals surface area contributed by atoms with Crippen LogP contribution < -0.4 is 5.73 Å². The highest BCUT2D eigenvalue weighted by atomic mass is 16.2. The second kappa shape index (κ2) is 5.89. The van der Waals surface area contributed by atoms with Gasteiger partial charge in [0.2, 0.25) is 5.91 Å². The van der Waals surface area contributed by atoms with Crippen molar-refractivity contribution in [2.24, 2.45) is 10.7 Å². The molecule has 128 valence electrons. The lowest BCUT2D eigenvalue weighted by atomic mass is 9.96. The van der Waals surface area contributed by atoms with Crippen LogP contribution in [-0.2, 0) is 4.79 Å². The van der Waals surface area contributed by atoms with Crippen LogP contribution in [0, 0.1) is 11.8 Å². The van der Waals surface area contributed by atoms with Crippen LogP contribution in [0.4, 0.5) is 0 Å². The summed E-state index contributed by atoms with van der Waals surface area (Å²) in [5, 5.41) is 0. The molecule has 1 aliphatic heterocycles. The minimum absolute atomic E-state index is 0.0201. The van der Waals surface area contributed by atoms with Gasteiger partial charge in [-0.1, -0.05) is 30.7 Å². The van der Waals surface area contributed by atoms with Crippen LogP contribution in [0.15, 0.2) is 48.0 Å². The molecular weight excluding hydrogens is 322 g/mol. The number of rotatable bonds is 1. The average Bonchev–Trinajstić information content (AvgIpc) is 2.91. The third-order valence-corrected chi connectivity index (χ3v) is 5.03. The van der Waals surface area contributed by atoms with E-state index >= 15 is 0 Å². The number of fused-ring (bicyclic) bond motifs is 3. The predicted octanol–water partition coefficient (Wildman–Crippen LogP) is 3.32. The molecule has 26 heavy (non-hydrogen) atoms. The molecule has 1 atom stereocenters. The first-order valence-corrected chi connectivity index (χ1v) is 8.50. The Labute approximate surface area is 153 Å². The fourth-order valence-corrected chi connectivity index (χ4v) is 3.57. The number of amides is 1. The van der Waals surface area contributed by atoms with Gasteiger partial charge in [-0.25, -0.2) is 4.99 Å². The van der Waals surface area contributed by atoms with E-state index in [4.69, 9.17) is 5.73 Å². The quantitative estimate of drug-likeness (QED) is 0.690. The van der Waals surface area contributed by atoms with Gasteiger partial charge >= 0.3 is 0 Å². The molecule has 2 aromatic rings. The summed E-state index contributed by atoms with van der Waals surface area (Å²) in [6, 6.07) is 12.1. The van der Waals surface area contributed by atoms with Crippen molar-refractivity contribution in [2.45, 2.75) is 19.4 Å². The zero-order valence-electron chi connectivity index (χ0n) is 14.8. The number of guanidine groups is 1. The Morgan fingerprint density at radius 1 is 1.15 bits per heavy atom. The van der Waals surface area contributed by atoms with E-state index in [9.17, 15) is 4.79 Å². The fraction of sp³-hybridized carbons (Fsp3) is 0.182. The first kappa shape index (κ1) is 16.2. The highest BCUT2D eigenvalue weighted by Gasteiger charge is 2.28. The Balaban J connectivity index is 1.82. The maximum Gasteiger partial charge on any atom is 0.231 e. The molecule has 4 nitrogen and oxygen atoms in total. The van der Waals surface area contributed by atoms with E-state index in [1.807, 2.05) is 19.1 Å². The Morgan fingerprint density at radius 3 is 2.54 bits per heavy atom. The van der Waals surface area contributed by atoms with Crippen LogP contribution in [-0.4, -0.2) is 23.8 Å². The molecule has 1 aliphatic carbocycles. The number of aliphatic imine (C=N–C) groups is 1. The molecule has 2 aliphatic rings. The summed E-state index contributed by atoms with van der Waals surface area (Å²) < 4.78 is 0. The number of nitrogens with two attached hydrogens (primary N) is 1. The number of carbonyl (C=O) groups is 1. The maximum absolute atomic E-state index is 12.1. The van der Waals surface area contributed by atoms with Gasteiger partial charge in [-0.3, -0.25) is 9.69 Å². The Kier molecular flexibility index (Phi) is 3.66. The van der Waals surface area contributed by atoms with Crippen molar-refractivity contribution in [1.29, 1.82) is 0 Å². The van der Waals surface area contributed by atoms with Crippen molar-refractivity contribution >= 4 is 17.4 Å². The molecule has 0 spiro atoms. The molecule has 0 fully saturated rings. The molecule has 4 rings (SSSR count). The molecule has 1 amide bonds. The molecule has 0 saturated heterocycles. The lowest BCUT2D eigenvalue weighted by Gasteiger charge is -2.26. The van der Waals surface area contributed by atoms with Crippen LogP contribution in [0.25, 0.3) is 16.7 Å². The lowest BCUT2D eigenvalue weighted by Crippen LogP contribution is -2.42. The molecule has 0 saturated carbocycles. The maximum atomic E-state index is 12.1. The van der Waals surface area contributed by atoms with E-state index in [0.717, 1.165) is 39.0 Å². The van der Waals surface area contributed by atoms with Crippen LogP contribution >= 0.6 is 0 Å². The average molecular weight is 341 g/mol. The summed E-state index contributed by atoms with van der Waals surface area (Å²) in [7, 11) is 1.65. The van der Waals surface area contributed by atoms with E-state index in [1.165, 1.54) is 4.90 Å². The normalized spacial score (nSPS) is 18.0. The van der Waals surface area contributed by atoms with E-state index < -0.39 is 0 Å². The summed E-state index contributed by atoms with van der Waals surface area (Å²) in [5.74, 6) is 6.29. The minimum atomic E-state index is -0.250. The number of carbonyl (C=O) groups excluding carboxylic acids is 1. The van der Waals surface area contributed by atoms with E-state index in [0.29, 0.717) is 6.42 Å². The first-order chi connectivity index (χ1) is 12.5. The first-order valence-electron chi connectivity index (χ1n) is 8.50. The Bertz CT molecular complexity index is 1050. The molecule has 1 heterocycles. The zero-order valence-corrected chi connectivity index (χ0v) is 14.8. The van der Waals surface area contributed by atoms with Gasteiger partial charge in [0.15, 0.2) is 5.96 Å². The summed E-state index contributed by atoms with van der Waals surface area (Å²) in [4.78, 5) is 18.0. The van der Waals surface area contributed by atoms with Crippen LogP contribution in [0.5, 0.6) is 0 Å². The Hall–Kier alpha value is -3.32. The van der Waals surface area contributed by atoms with Gasteiger partial charge in [-0.05, 0) is 58.5 Å². The van der Waals surface area contributed by atoms with E-state index in [2.05, 4.69) is 47.7 Å². The summed E-state index contributed by atoms with van der Waals surface area (Å²) in [6.45, 7) is 6.08. The molecule has 0 bridgehead atoms. The highest BCUT2D eigenvalue weighted by molar-refractivity contribution is 6.01. The van der Waals surface area contributed by atoms with Gasteiger partial charge < -0.3 is 5.73 Å². The number of benzene rings is 2. The van der Waals surface area contributed by atoms with Gasteiger partial charge in [-0.15, -0.1) is 5.92 Å². The number of nitrogens with zero attached hydrogens (tertiary/aromatic N) is 2. The number of hydrogen-bond acceptors (Lipinski definition) is 3.